The highest BCUT2D eigenvalue weighted by molar-refractivity contribution is 9.10. The standard InChI is InChI=1S/C23H32BrN5O2/c1-6-8-9-10-17-14-29-21(25)19(22(30)28(7-2)23(29)26-17)27(4)13-16-11-15(3)20(31-5)18(24)12-16/h6,8,11-12,17H,7,9-10,13-14,25H2,1-5H3/b8-6-/t17-/m1/s1. The second-order valence-corrected chi connectivity index (χ2v) is 8.76. The van der Waals surface area contributed by atoms with Gasteiger partial charge in [-0.15, -0.1) is 0 Å². The van der Waals surface area contributed by atoms with E-state index in [0.29, 0.717) is 37.1 Å². The summed E-state index contributed by atoms with van der Waals surface area (Å²) >= 11 is 3.57. The summed E-state index contributed by atoms with van der Waals surface area (Å²) < 4.78 is 6.32. The molecule has 0 saturated carbocycles. The number of ether oxygens (including phenoxy) is 1. The lowest BCUT2D eigenvalue weighted by molar-refractivity contribution is -0.126. The van der Waals surface area contributed by atoms with E-state index in [9.17, 15) is 4.79 Å². The van der Waals surface area contributed by atoms with Crippen LogP contribution in [0.25, 0.3) is 0 Å². The predicted octanol–water partition coefficient (Wildman–Crippen LogP) is 3.58. The number of allylic oxidation sites excluding steroid dienone is 2. The zero-order valence-corrected chi connectivity index (χ0v) is 20.6. The number of carbonyl (C=O) groups is 1. The van der Waals surface area contributed by atoms with E-state index in [0.717, 1.165) is 34.2 Å². The van der Waals surface area contributed by atoms with Crippen molar-refractivity contribution in [2.75, 3.05) is 27.2 Å². The zero-order valence-electron chi connectivity index (χ0n) is 19.0. The molecule has 0 spiro atoms. The van der Waals surface area contributed by atoms with E-state index in [-0.39, 0.29) is 11.9 Å². The number of guanidine groups is 1. The van der Waals surface area contributed by atoms with Gasteiger partial charge >= 0.3 is 0 Å². The Morgan fingerprint density at radius 2 is 2.16 bits per heavy atom. The summed E-state index contributed by atoms with van der Waals surface area (Å²) in [5.41, 5.74) is 9.15. The molecule has 168 valence electrons. The van der Waals surface area contributed by atoms with Gasteiger partial charge in [0, 0.05) is 20.1 Å². The Balaban J connectivity index is 1.87. The minimum atomic E-state index is -0.101. The van der Waals surface area contributed by atoms with Crippen LogP contribution in [0.5, 0.6) is 5.75 Å². The van der Waals surface area contributed by atoms with Crippen molar-refractivity contribution in [2.45, 2.75) is 46.2 Å². The number of fused-ring (bicyclic) bond motifs is 1. The number of hydrogen-bond acceptors (Lipinski definition) is 6. The lowest BCUT2D eigenvalue weighted by atomic mass is 10.1. The van der Waals surface area contributed by atoms with Crippen LogP contribution >= 0.6 is 15.9 Å². The first-order chi connectivity index (χ1) is 14.8. The largest absolute Gasteiger partial charge is 0.495 e. The number of hydrogen-bond donors (Lipinski definition) is 1. The first-order valence-electron chi connectivity index (χ1n) is 10.6. The molecule has 2 aliphatic heterocycles. The van der Waals surface area contributed by atoms with Crippen molar-refractivity contribution < 1.29 is 9.53 Å². The molecular weight excluding hydrogens is 458 g/mol. The van der Waals surface area contributed by atoms with Crippen LogP contribution in [0.4, 0.5) is 0 Å². The first kappa shape index (κ1) is 23.2. The highest BCUT2D eigenvalue weighted by Crippen LogP contribution is 2.32. The summed E-state index contributed by atoms with van der Waals surface area (Å²) in [4.78, 5) is 23.8. The molecule has 0 radical (unpaired) electrons. The third-order valence-corrected chi connectivity index (χ3v) is 6.26. The second-order valence-electron chi connectivity index (χ2n) is 7.91. The Kier molecular flexibility index (Phi) is 7.30. The van der Waals surface area contributed by atoms with Crippen molar-refractivity contribution in [1.82, 2.24) is 14.7 Å². The fourth-order valence-electron chi connectivity index (χ4n) is 4.20. The van der Waals surface area contributed by atoms with Crippen molar-refractivity contribution >= 4 is 27.8 Å². The molecule has 0 aliphatic carbocycles. The highest BCUT2D eigenvalue weighted by atomic mass is 79.9. The number of benzene rings is 1. The smallest absolute Gasteiger partial charge is 0.280 e. The van der Waals surface area contributed by atoms with Crippen molar-refractivity contribution in [3.8, 4) is 5.75 Å². The third-order valence-electron chi connectivity index (χ3n) is 5.67. The molecule has 1 aromatic carbocycles. The first-order valence-corrected chi connectivity index (χ1v) is 11.4. The van der Waals surface area contributed by atoms with Crippen molar-refractivity contribution in [3.05, 3.63) is 51.4 Å². The number of rotatable bonds is 8. The van der Waals surface area contributed by atoms with Gasteiger partial charge in [-0.2, -0.15) is 0 Å². The molecule has 0 fully saturated rings. The molecule has 0 saturated heterocycles. The fraction of sp³-hybridized carbons (Fsp3) is 0.478. The van der Waals surface area contributed by atoms with E-state index in [1.54, 1.807) is 12.0 Å². The number of methoxy groups -OCH3 is 1. The van der Waals surface area contributed by atoms with Gasteiger partial charge in [-0.05, 0) is 66.7 Å². The molecule has 0 bridgehead atoms. The summed E-state index contributed by atoms with van der Waals surface area (Å²) in [6.07, 6.45) is 6.10. The Hall–Kier alpha value is -2.48. The van der Waals surface area contributed by atoms with Gasteiger partial charge < -0.3 is 15.4 Å². The van der Waals surface area contributed by atoms with Crippen LogP contribution in [0.15, 0.2) is 45.3 Å². The number of carbonyl (C=O) groups excluding carboxylic acids is 1. The topological polar surface area (TPSA) is 74.4 Å². The Morgan fingerprint density at radius 3 is 2.77 bits per heavy atom. The minimum absolute atomic E-state index is 0.101. The average molecular weight is 490 g/mol. The molecule has 1 amide bonds. The van der Waals surface area contributed by atoms with Crippen LogP contribution in [0.2, 0.25) is 0 Å². The van der Waals surface area contributed by atoms with Gasteiger partial charge in [-0.3, -0.25) is 14.6 Å². The zero-order chi connectivity index (χ0) is 22.7. The third kappa shape index (κ3) is 4.59. The molecule has 2 N–H and O–H groups in total. The fourth-order valence-corrected chi connectivity index (χ4v) is 4.97. The number of nitrogens with two attached hydrogens (primary N) is 1. The van der Waals surface area contributed by atoms with Crippen LogP contribution in [0.3, 0.4) is 0 Å². The molecule has 1 atom stereocenters. The number of nitrogens with zero attached hydrogens (tertiary/aromatic N) is 4. The minimum Gasteiger partial charge on any atom is -0.495 e. The number of amides is 1. The van der Waals surface area contributed by atoms with Crippen LogP contribution in [-0.2, 0) is 11.3 Å². The Bertz CT molecular complexity index is 917. The lowest BCUT2D eigenvalue weighted by Crippen LogP contribution is -2.54. The molecule has 0 unspecified atom stereocenters. The van der Waals surface area contributed by atoms with E-state index in [4.69, 9.17) is 15.5 Å². The van der Waals surface area contributed by atoms with Crippen LogP contribution in [-0.4, -0.2) is 59.9 Å². The second kappa shape index (κ2) is 9.77. The number of aryl methyl sites for hydroxylation is 1. The quantitative estimate of drug-likeness (QED) is 0.564. The molecule has 2 heterocycles. The molecule has 0 aromatic heterocycles. The van der Waals surface area contributed by atoms with Gasteiger partial charge in [0.15, 0.2) is 0 Å². The van der Waals surface area contributed by atoms with Crippen molar-refractivity contribution in [1.29, 1.82) is 0 Å². The summed E-state index contributed by atoms with van der Waals surface area (Å²) in [7, 11) is 3.56. The Morgan fingerprint density at radius 1 is 1.42 bits per heavy atom. The van der Waals surface area contributed by atoms with Gasteiger partial charge in [-0.1, -0.05) is 18.2 Å². The molecule has 3 rings (SSSR count). The summed E-state index contributed by atoms with van der Waals surface area (Å²) in [5.74, 6) is 1.87. The maximum absolute atomic E-state index is 13.3. The molecule has 2 aliphatic rings. The van der Waals surface area contributed by atoms with Gasteiger partial charge in [0.25, 0.3) is 5.91 Å². The highest BCUT2D eigenvalue weighted by Gasteiger charge is 2.41. The van der Waals surface area contributed by atoms with E-state index in [1.807, 2.05) is 43.7 Å². The van der Waals surface area contributed by atoms with Gasteiger partial charge in [0.1, 0.15) is 17.3 Å². The maximum atomic E-state index is 13.3. The number of likely N-dealkylation sites (N-methyl/N-ethyl adjacent to an activating group) is 2. The number of halogens is 1. The van der Waals surface area contributed by atoms with E-state index in [1.165, 1.54) is 0 Å². The SMILES string of the molecule is C/C=C\CC[C@@H]1CN2C(=N1)N(CC)C(=O)C(N(C)Cc1cc(C)c(OC)c(Br)c1)=C2N. The monoisotopic (exact) mass is 489 g/mol. The number of aliphatic imine (C=N–C) groups is 1. The normalized spacial score (nSPS) is 18.7. The van der Waals surface area contributed by atoms with Gasteiger partial charge in [0.05, 0.1) is 24.2 Å². The van der Waals surface area contributed by atoms with Crippen molar-refractivity contribution in [2.24, 2.45) is 10.7 Å². The molecule has 1 aromatic rings. The summed E-state index contributed by atoms with van der Waals surface area (Å²) in [5, 5.41) is 0. The van der Waals surface area contributed by atoms with Crippen LogP contribution < -0.4 is 10.5 Å². The van der Waals surface area contributed by atoms with Gasteiger partial charge in [0.2, 0.25) is 5.96 Å². The molecule has 31 heavy (non-hydrogen) atoms. The molecule has 7 nitrogen and oxygen atoms in total. The van der Waals surface area contributed by atoms with Crippen molar-refractivity contribution in [3.63, 3.8) is 0 Å². The summed E-state index contributed by atoms with van der Waals surface area (Å²) in [6.45, 7) is 7.79. The average Bonchev–Trinajstić information content (AvgIpc) is 3.12. The lowest BCUT2D eigenvalue weighted by Gasteiger charge is -2.38. The Labute approximate surface area is 193 Å². The van der Waals surface area contributed by atoms with E-state index >= 15 is 0 Å². The molecular formula is C23H32BrN5O2. The molecule has 8 heteroatoms. The van der Waals surface area contributed by atoms with Crippen LogP contribution in [0, 0.1) is 6.92 Å². The maximum Gasteiger partial charge on any atom is 0.280 e. The van der Waals surface area contributed by atoms with E-state index < -0.39 is 0 Å². The van der Waals surface area contributed by atoms with Gasteiger partial charge in [-0.25, -0.2) is 4.99 Å². The predicted molar refractivity (Wildman–Crippen MR) is 127 cm³/mol. The van der Waals surface area contributed by atoms with E-state index in [2.05, 4.69) is 34.1 Å². The van der Waals surface area contributed by atoms with Crippen LogP contribution in [0.1, 0.15) is 37.8 Å². The summed E-state index contributed by atoms with van der Waals surface area (Å²) in [6, 6.07) is 4.22.